The van der Waals surface area contributed by atoms with Crippen molar-refractivity contribution >= 4 is 46.5 Å². The molecule has 146 valence electrons. The van der Waals surface area contributed by atoms with Crippen LogP contribution in [0, 0.1) is 0 Å². The van der Waals surface area contributed by atoms with Gasteiger partial charge in [0.25, 0.3) is 5.56 Å². The summed E-state index contributed by atoms with van der Waals surface area (Å²) < 4.78 is 10.9. The molecule has 0 unspecified atom stereocenters. The molecule has 4 aromatic rings. The highest BCUT2D eigenvalue weighted by Crippen LogP contribution is 2.32. The van der Waals surface area contributed by atoms with Crippen molar-refractivity contribution in [3.8, 4) is 11.6 Å². The zero-order valence-electron chi connectivity index (χ0n) is 15.4. The molecule has 0 radical (unpaired) electrons. The summed E-state index contributed by atoms with van der Waals surface area (Å²) in [5.41, 5.74) is 2.34. The van der Waals surface area contributed by atoms with Crippen LogP contribution in [0.15, 0.2) is 59.5 Å². The van der Waals surface area contributed by atoms with Gasteiger partial charge in [-0.3, -0.25) is 14.8 Å². The summed E-state index contributed by atoms with van der Waals surface area (Å²) in [5, 5.41) is 2.63. The number of pyridine rings is 2. The lowest BCUT2D eigenvalue weighted by Crippen LogP contribution is -2.15. The minimum atomic E-state index is -0.188. The van der Waals surface area contributed by atoms with E-state index in [4.69, 9.17) is 9.47 Å². The molecular formula is C21H20Cl2N2O3. The van der Waals surface area contributed by atoms with E-state index in [1.807, 2.05) is 48.7 Å². The van der Waals surface area contributed by atoms with Crippen molar-refractivity contribution in [1.29, 1.82) is 0 Å². The molecule has 0 aliphatic carbocycles. The fourth-order valence-electron chi connectivity index (χ4n) is 3.31. The fourth-order valence-corrected chi connectivity index (χ4v) is 3.31. The number of ether oxygens (including phenoxy) is 2. The highest BCUT2D eigenvalue weighted by atomic mass is 35.5. The number of para-hydroxylation sites is 1. The van der Waals surface area contributed by atoms with E-state index in [1.54, 1.807) is 7.11 Å². The highest BCUT2D eigenvalue weighted by Gasteiger charge is 2.16. The molecule has 1 N–H and O–H groups in total. The van der Waals surface area contributed by atoms with Crippen LogP contribution in [0.3, 0.4) is 0 Å². The molecule has 0 saturated carbocycles. The van der Waals surface area contributed by atoms with E-state index < -0.39 is 0 Å². The zero-order valence-corrected chi connectivity index (χ0v) is 17.0. The van der Waals surface area contributed by atoms with E-state index in [-0.39, 0.29) is 30.4 Å². The van der Waals surface area contributed by atoms with Gasteiger partial charge in [0.1, 0.15) is 5.75 Å². The Bertz CT molecular complexity index is 1180. The fraction of sp³-hybridized carbons (Fsp3) is 0.143. The average molecular weight is 419 g/mol. The molecular weight excluding hydrogens is 399 g/mol. The quantitative estimate of drug-likeness (QED) is 0.528. The molecule has 5 nitrogen and oxygen atoms in total. The van der Waals surface area contributed by atoms with Gasteiger partial charge < -0.3 is 9.47 Å². The van der Waals surface area contributed by atoms with Crippen LogP contribution in [0.5, 0.6) is 11.6 Å². The number of fused-ring (bicyclic) bond motifs is 2. The van der Waals surface area contributed by atoms with E-state index in [9.17, 15) is 4.79 Å². The van der Waals surface area contributed by atoms with Crippen molar-refractivity contribution in [3.05, 3.63) is 76.2 Å². The van der Waals surface area contributed by atoms with Crippen molar-refractivity contribution in [3.63, 3.8) is 0 Å². The van der Waals surface area contributed by atoms with Crippen LogP contribution in [0.25, 0.3) is 21.7 Å². The van der Waals surface area contributed by atoms with Crippen molar-refractivity contribution in [2.45, 2.75) is 6.42 Å². The molecule has 0 spiro atoms. The SMILES string of the molecule is COc1[nH]c(=O)c(Cc2cnc3ccccc3c2)c2c(OC)cccc12.Cl.Cl. The molecule has 2 aromatic heterocycles. The lowest BCUT2D eigenvalue weighted by atomic mass is 9.99. The number of H-pyrrole nitrogens is 1. The lowest BCUT2D eigenvalue weighted by Gasteiger charge is -2.13. The van der Waals surface area contributed by atoms with Gasteiger partial charge in [-0.1, -0.05) is 24.3 Å². The topological polar surface area (TPSA) is 64.2 Å². The Balaban J connectivity index is 0.00000140. The Kier molecular flexibility index (Phi) is 6.89. The van der Waals surface area contributed by atoms with Gasteiger partial charge in [-0.15, -0.1) is 24.8 Å². The first-order valence-corrected chi connectivity index (χ1v) is 8.31. The number of benzene rings is 2. The number of nitrogens with one attached hydrogen (secondary N) is 1. The minimum absolute atomic E-state index is 0. The van der Waals surface area contributed by atoms with E-state index in [1.165, 1.54) is 7.11 Å². The van der Waals surface area contributed by atoms with Crippen molar-refractivity contribution in [2.75, 3.05) is 14.2 Å². The molecule has 2 heterocycles. The maximum atomic E-state index is 12.7. The van der Waals surface area contributed by atoms with Crippen molar-refractivity contribution in [2.24, 2.45) is 0 Å². The number of halogens is 2. The monoisotopic (exact) mass is 418 g/mol. The number of methoxy groups -OCH3 is 2. The molecule has 0 amide bonds. The van der Waals surface area contributed by atoms with E-state index >= 15 is 0 Å². The van der Waals surface area contributed by atoms with E-state index in [0.717, 1.165) is 27.2 Å². The Hall–Kier alpha value is -2.76. The number of hydrogen-bond donors (Lipinski definition) is 1. The predicted octanol–water partition coefficient (Wildman–Crippen LogP) is 4.53. The molecule has 0 bridgehead atoms. The summed E-state index contributed by atoms with van der Waals surface area (Å²) in [6.45, 7) is 0. The number of aromatic nitrogens is 2. The molecule has 2 aromatic carbocycles. The van der Waals surface area contributed by atoms with Gasteiger partial charge in [0.2, 0.25) is 5.88 Å². The Labute approximate surface area is 174 Å². The highest BCUT2D eigenvalue weighted by molar-refractivity contribution is 5.94. The van der Waals surface area contributed by atoms with Gasteiger partial charge in [-0.2, -0.15) is 0 Å². The van der Waals surface area contributed by atoms with Crippen LogP contribution in [0.2, 0.25) is 0 Å². The van der Waals surface area contributed by atoms with Gasteiger partial charge in [0, 0.05) is 34.3 Å². The molecule has 0 saturated heterocycles. The van der Waals surface area contributed by atoms with Crippen LogP contribution in [-0.2, 0) is 6.42 Å². The van der Waals surface area contributed by atoms with Gasteiger partial charge >= 0.3 is 0 Å². The third kappa shape index (κ3) is 3.77. The second kappa shape index (κ2) is 8.95. The van der Waals surface area contributed by atoms with Crippen molar-refractivity contribution in [1.82, 2.24) is 9.97 Å². The van der Waals surface area contributed by atoms with Gasteiger partial charge in [-0.25, -0.2) is 0 Å². The van der Waals surface area contributed by atoms with Crippen LogP contribution in [-0.4, -0.2) is 24.2 Å². The van der Waals surface area contributed by atoms with Crippen molar-refractivity contribution < 1.29 is 9.47 Å². The third-order valence-electron chi connectivity index (χ3n) is 4.53. The first kappa shape index (κ1) is 21.5. The summed E-state index contributed by atoms with van der Waals surface area (Å²) >= 11 is 0. The van der Waals surface area contributed by atoms with E-state index in [2.05, 4.69) is 16.0 Å². The summed E-state index contributed by atoms with van der Waals surface area (Å²) in [5.74, 6) is 1.08. The third-order valence-corrected chi connectivity index (χ3v) is 4.53. The van der Waals surface area contributed by atoms with Crippen LogP contribution >= 0.6 is 24.8 Å². The first-order chi connectivity index (χ1) is 12.7. The zero-order chi connectivity index (χ0) is 18.1. The summed E-state index contributed by atoms with van der Waals surface area (Å²) in [6.07, 6.45) is 2.27. The lowest BCUT2D eigenvalue weighted by molar-refractivity contribution is 0.400. The van der Waals surface area contributed by atoms with Gasteiger partial charge in [0.05, 0.1) is 19.7 Å². The van der Waals surface area contributed by atoms with Gasteiger partial charge in [-0.05, 0) is 29.8 Å². The Morgan fingerprint density at radius 3 is 2.54 bits per heavy atom. The van der Waals surface area contributed by atoms with Crippen LogP contribution < -0.4 is 15.0 Å². The Morgan fingerprint density at radius 2 is 1.79 bits per heavy atom. The second-order valence-electron chi connectivity index (χ2n) is 6.06. The molecule has 28 heavy (non-hydrogen) atoms. The summed E-state index contributed by atoms with van der Waals surface area (Å²) in [4.78, 5) is 20.1. The molecule has 0 fully saturated rings. The Morgan fingerprint density at radius 1 is 1.00 bits per heavy atom. The minimum Gasteiger partial charge on any atom is -0.496 e. The maximum absolute atomic E-state index is 12.7. The first-order valence-electron chi connectivity index (χ1n) is 8.31. The van der Waals surface area contributed by atoms with Crippen LogP contribution in [0.1, 0.15) is 11.1 Å². The largest absolute Gasteiger partial charge is 0.496 e. The maximum Gasteiger partial charge on any atom is 0.255 e. The molecule has 0 aliphatic rings. The summed E-state index contributed by atoms with van der Waals surface area (Å²) in [6, 6.07) is 15.6. The van der Waals surface area contributed by atoms with Crippen LogP contribution in [0.4, 0.5) is 0 Å². The normalized spacial score (nSPS) is 10.2. The number of hydrogen-bond acceptors (Lipinski definition) is 4. The predicted molar refractivity (Wildman–Crippen MR) is 117 cm³/mol. The number of nitrogens with zero attached hydrogens (tertiary/aromatic N) is 1. The standard InChI is InChI=1S/C21H18N2O3.2ClH/c1-25-18-9-5-7-15-19(18)16(20(24)23-21(15)26-2)11-13-10-14-6-3-4-8-17(14)22-12-13;;/h3-10,12H,11H2,1-2H3,(H,23,24);2*1H. The molecule has 7 heteroatoms. The molecule has 4 rings (SSSR count). The van der Waals surface area contributed by atoms with E-state index in [0.29, 0.717) is 23.6 Å². The second-order valence-corrected chi connectivity index (χ2v) is 6.06. The summed E-state index contributed by atoms with van der Waals surface area (Å²) in [7, 11) is 3.14. The number of aromatic amines is 1. The average Bonchev–Trinajstić information content (AvgIpc) is 2.69. The molecule has 0 atom stereocenters. The van der Waals surface area contributed by atoms with Gasteiger partial charge in [0.15, 0.2) is 0 Å². The molecule has 0 aliphatic heterocycles. The smallest absolute Gasteiger partial charge is 0.255 e. The number of rotatable bonds is 4.